The first-order valence-electron chi connectivity index (χ1n) is 12.3. The average molecular weight is 578 g/mol. The molecule has 0 fully saturated rings. The van der Waals surface area contributed by atoms with Gasteiger partial charge in [0, 0.05) is 23.3 Å². The first kappa shape index (κ1) is 27.9. The number of fused-ring (bicyclic) bond motifs is 1. The van der Waals surface area contributed by atoms with E-state index in [1.807, 2.05) is 0 Å². The van der Waals surface area contributed by atoms with Crippen LogP contribution in [0.25, 0.3) is 39.5 Å². The molecule has 3 N–H and O–H groups in total. The van der Waals surface area contributed by atoms with Gasteiger partial charge in [-0.25, -0.2) is 9.67 Å². The number of methoxy groups -OCH3 is 6. The van der Waals surface area contributed by atoms with Gasteiger partial charge in [0.05, 0.1) is 48.3 Å². The monoisotopic (exact) mass is 577 g/mol. The minimum absolute atomic E-state index is 0.194. The van der Waals surface area contributed by atoms with Crippen molar-refractivity contribution in [1.29, 1.82) is 0 Å². The van der Waals surface area contributed by atoms with Crippen molar-refractivity contribution in [2.45, 2.75) is 0 Å². The Morgan fingerprint density at radius 2 is 1.10 bits per heavy atom. The smallest absolute Gasteiger partial charge is 0.204 e. The number of phenols is 3. The van der Waals surface area contributed by atoms with E-state index >= 15 is 0 Å². The highest BCUT2D eigenvalue weighted by Gasteiger charge is 2.24. The molecule has 0 aliphatic rings. The van der Waals surface area contributed by atoms with Crippen molar-refractivity contribution in [3.05, 3.63) is 36.4 Å². The van der Waals surface area contributed by atoms with E-state index in [2.05, 4.69) is 10.2 Å². The normalized spacial score (nSPS) is 10.9. The van der Waals surface area contributed by atoms with Crippen LogP contribution in [0.15, 0.2) is 36.4 Å². The molecule has 0 spiro atoms. The number of nitrogens with zero attached hydrogens (tertiary/aromatic N) is 5. The molecule has 0 aliphatic carbocycles. The number of hydrogen-bond donors (Lipinski definition) is 3. The topological polar surface area (TPSA) is 173 Å². The number of aromatic nitrogens is 5. The van der Waals surface area contributed by atoms with Crippen molar-refractivity contribution < 1.29 is 43.7 Å². The highest BCUT2D eigenvalue weighted by molar-refractivity contribution is 5.90. The van der Waals surface area contributed by atoms with Gasteiger partial charge in [0.25, 0.3) is 0 Å². The summed E-state index contributed by atoms with van der Waals surface area (Å²) in [6, 6.07) is 9.17. The fraction of sp³-hybridized carbons (Fsp3) is 0.214. The molecule has 42 heavy (non-hydrogen) atoms. The second-order valence-corrected chi connectivity index (χ2v) is 8.73. The summed E-state index contributed by atoms with van der Waals surface area (Å²) in [6.07, 6.45) is 0. The summed E-state index contributed by atoms with van der Waals surface area (Å²) < 4.78 is 34.3. The van der Waals surface area contributed by atoms with Crippen molar-refractivity contribution in [1.82, 2.24) is 25.0 Å². The second-order valence-electron chi connectivity index (χ2n) is 8.73. The molecule has 5 aromatic rings. The van der Waals surface area contributed by atoms with Gasteiger partial charge in [-0.2, -0.15) is 5.10 Å². The van der Waals surface area contributed by atoms with E-state index in [0.29, 0.717) is 45.7 Å². The molecule has 3 aromatic carbocycles. The average Bonchev–Trinajstić information content (AvgIpc) is 3.40. The number of rotatable bonds is 9. The van der Waals surface area contributed by atoms with Crippen LogP contribution in [-0.4, -0.2) is 82.9 Å². The summed E-state index contributed by atoms with van der Waals surface area (Å²) in [5.41, 5.74) is 1.91. The van der Waals surface area contributed by atoms with Gasteiger partial charge >= 0.3 is 0 Å². The minimum atomic E-state index is -0.669. The molecule has 218 valence electrons. The Morgan fingerprint density at radius 1 is 0.595 bits per heavy atom. The fourth-order valence-corrected chi connectivity index (χ4v) is 4.45. The zero-order chi connectivity index (χ0) is 30.1. The lowest BCUT2D eigenvalue weighted by molar-refractivity contribution is 0.324. The number of benzene rings is 3. The SMILES string of the molecule is COc1cc(-c2nnc3c(n2)c(-c2cc(O)c(O)c(O)c2)nn3-c2cc(OC)c(OC)c(OC)c2)cc(OC)c1OC. The summed E-state index contributed by atoms with van der Waals surface area (Å²) in [5.74, 6) is 0.706. The third kappa shape index (κ3) is 4.58. The molecule has 2 heterocycles. The minimum Gasteiger partial charge on any atom is -0.504 e. The fourth-order valence-electron chi connectivity index (χ4n) is 4.45. The van der Waals surface area contributed by atoms with Crippen molar-refractivity contribution in [2.75, 3.05) is 42.7 Å². The van der Waals surface area contributed by atoms with E-state index in [1.165, 1.54) is 59.5 Å². The molecule has 14 nitrogen and oxygen atoms in total. The molecule has 14 heteroatoms. The van der Waals surface area contributed by atoms with Gasteiger partial charge in [-0.3, -0.25) is 0 Å². The third-order valence-electron chi connectivity index (χ3n) is 6.45. The molecule has 0 radical (unpaired) electrons. The van der Waals surface area contributed by atoms with Gasteiger partial charge in [-0.15, -0.1) is 10.2 Å². The van der Waals surface area contributed by atoms with Crippen molar-refractivity contribution in [3.8, 4) is 80.1 Å². The highest BCUT2D eigenvalue weighted by atomic mass is 16.5. The predicted molar refractivity (Wildman–Crippen MR) is 150 cm³/mol. The molecule has 2 aromatic heterocycles. The maximum atomic E-state index is 10.3. The quantitative estimate of drug-likeness (QED) is 0.217. The Bertz CT molecular complexity index is 1730. The first-order valence-corrected chi connectivity index (χ1v) is 12.3. The van der Waals surface area contributed by atoms with Crippen LogP contribution < -0.4 is 28.4 Å². The summed E-state index contributed by atoms with van der Waals surface area (Å²) in [6.45, 7) is 0. The van der Waals surface area contributed by atoms with Crippen LogP contribution in [0.4, 0.5) is 0 Å². The lowest BCUT2D eigenvalue weighted by Crippen LogP contribution is -2.03. The maximum Gasteiger partial charge on any atom is 0.204 e. The molecular formula is C28H27N5O9. The summed E-state index contributed by atoms with van der Waals surface area (Å²) in [4.78, 5) is 4.75. The largest absolute Gasteiger partial charge is 0.504 e. The van der Waals surface area contributed by atoms with E-state index in [0.717, 1.165) is 0 Å². The molecule has 5 rings (SSSR count). The number of phenolic OH excluding ortho intramolecular Hbond substituents is 3. The van der Waals surface area contributed by atoms with Crippen LogP contribution in [0.2, 0.25) is 0 Å². The Kier molecular flexibility index (Phi) is 7.35. The zero-order valence-corrected chi connectivity index (χ0v) is 23.5. The van der Waals surface area contributed by atoms with Gasteiger partial charge in [-0.05, 0) is 24.3 Å². The molecule has 0 saturated heterocycles. The van der Waals surface area contributed by atoms with Gasteiger partial charge in [0.15, 0.2) is 46.1 Å². The van der Waals surface area contributed by atoms with Crippen molar-refractivity contribution in [2.24, 2.45) is 0 Å². The summed E-state index contributed by atoms with van der Waals surface area (Å²) >= 11 is 0. The molecule has 0 atom stereocenters. The Hall–Kier alpha value is -5.66. The van der Waals surface area contributed by atoms with E-state index in [9.17, 15) is 15.3 Å². The van der Waals surface area contributed by atoms with Crippen LogP contribution in [0, 0.1) is 0 Å². The van der Waals surface area contributed by atoms with Crippen LogP contribution in [0.3, 0.4) is 0 Å². The van der Waals surface area contributed by atoms with Gasteiger partial charge in [0.2, 0.25) is 17.1 Å². The van der Waals surface area contributed by atoms with E-state index in [1.54, 1.807) is 24.3 Å². The summed E-state index contributed by atoms with van der Waals surface area (Å²) in [7, 11) is 8.95. The first-order chi connectivity index (χ1) is 20.3. The maximum absolute atomic E-state index is 10.3. The van der Waals surface area contributed by atoms with Crippen LogP contribution >= 0.6 is 0 Å². The Labute approximate surface area is 239 Å². The van der Waals surface area contributed by atoms with E-state index in [-0.39, 0.29) is 28.2 Å². The van der Waals surface area contributed by atoms with Gasteiger partial charge in [0.1, 0.15) is 11.2 Å². The van der Waals surface area contributed by atoms with Gasteiger partial charge in [-0.1, -0.05) is 0 Å². The van der Waals surface area contributed by atoms with E-state index < -0.39 is 17.2 Å². The number of ether oxygens (including phenoxy) is 6. The molecule has 0 aliphatic heterocycles. The number of hydrogen-bond acceptors (Lipinski definition) is 13. The molecule has 0 saturated carbocycles. The van der Waals surface area contributed by atoms with Crippen molar-refractivity contribution >= 4 is 11.2 Å². The van der Waals surface area contributed by atoms with Crippen LogP contribution in [0.5, 0.6) is 51.7 Å². The molecular weight excluding hydrogens is 550 g/mol. The third-order valence-corrected chi connectivity index (χ3v) is 6.45. The summed E-state index contributed by atoms with van der Waals surface area (Å²) in [5, 5.41) is 43.9. The van der Waals surface area contributed by atoms with E-state index in [4.69, 9.17) is 38.5 Å². The second kappa shape index (κ2) is 11.1. The lowest BCUT2D eigenvalue weighted by atomic mass is 10.1. The zero-order valence-electron chi connectivity index (χ0n) is 23.5. The van der Waals surface area contributed by atoms with Crippen molar-refractivity contribution in [3.63, 3.8) is 0 Å². The lowest BCUT2D eigenvalue weighted by Gasteiger charge is -2.14. The predicted octanol–water partition coefficient (Wildman–Crippen LogP) is 3.71. The molecule has 0 bridgehead atoms. The Balaban J connectivity index is 1.80. The molecule has 0 unspecified atom stereocenters. The number of aromatic hydroxyl groups is 3. The standard InChI is InChI=1S/C28H27N5O9/c1-37-18-9-14(10-19(38-2)25(18)41-5)27-29-23-22(13-7-16(34)24(36)17(35)8-13)32-33(28(23)31-30-27)15-11-20(39-3)26(42-6)21(12-15)40-4/h7-12,34-36H,1-6H3. The van der Waals surface area contributed by atoms with Gasteiger partial charge < -0.3 is 43.7 Å². The highest BCUT2D eigenvalue weighted by Crippen LogP contribution is 2.44. The van der Waals surface area contributed by atoms with Crippen LogP contribution in [-0.2, 0) is 0 Å². The van der Waals surface area contributed by atoms with Crippen LogP contribution in [0.1, 0.15) is 0 Å². The Morgan fingerprint density at radius 3 is 1.57 bits per heavy atom. The molecule has 0 amide bonds.